The number of anilines is 1. The van der Waals surface area contributed by atoms with E-state index in [-0.39, 0.29) is 12.5 Å². The fraction of sp³-hybridized carbons (Fsp3) is 0.105. The van der Waals surface area contributed by atoms with Crippen LogP contribution < -0.4 is 5.32 Å². The molecule has 0 saturated carbocycles. The van der Waals surface area contributed by atoms with Crippen LogP contribution in [0.5, 0.6) is 0 Å². The average molecular weight is 387 g/mol. The largest absolute Gasteiger partial charge is 0.462 e. The lowest BCUT2D eigenvalue weighted by atomic mass is 10.0. The highest BCUT2D eigenvalue weighted by Crippen LogP contribution is 2.36. The van der Waals surface area contributed by atoms with E-state index in [9.17, 15) is 9.59 Å². The number of rotatable bonds is 5. The van der Waals surface area contributed by atoms with Crippen molar-refractivity contribution in [2.24, 2.45) is 0 Å². The molecular formula is C19H15ClN2O3S. The minimum Gasteiger partial charge on any atom is -0.462 e. The number of aromatic nitrogens is 1. The van der Waals surface area contributed by atoms with E-state index in [0.717, 1.165) is 5.56 Å². The average Bonchev–Trinajstić information content (AvgIpc) is 3.07. The Morgan fingerprint density at radius 3 is 2.50 bits per heavy atom. The fourth-order valence-electron chi connectivity index (χ4n) is 2.38. The highest BCUT2D eigenvalue weighted by atomic mass is 35.5. The second-order valence-electron chi connectivity index (χ2n) is 5.27. The number of hydrogen-bond acceptors (Lipinski definition) is 5. The van der Waals surface area contributed by atoms with Crippen LogP contribution in [0.3, 0.4) is 0 Å². The molecule has 5 nitrogen and oxygen atoms in total. The Kier molecular flexibility index (Phi) is 5.65. The molecule has 0 aliphatic carbocycles. The van der Waals surface area contributed by atoms with Crippen molar-refractivity contribution >= 4 is 39.8 Å². The van der Waals surface area contributed by atoms with Crippen molar-refractivity contribution in [2.45, 2.75) is 6.92 Å². The number of esters is 1. The van der Waals surface area contributed by atoms with Crippen LogP contribution in [0.2, 0.25) is 5.02 Å². The third-order valence-corrected chi connectivity index (χ3v) is 4.74. The molecule has 132 valence electrons. The highest BCUT2D eigenvalue weighted by molar-refractivity contribution is 7.15. The number of ether oxygens (including phenoxy) is 1. The van der Waals surface area contributed by atoms with E-state index in [1.165, 1.54) is 23.7 Å². The van der Waals surface area contributed by atoms with Crippen LogP contribution >= 0.6 is 22.9 Å². The lowest BCUT2D eigenvalue weighted by Crippen LogP contribution is -2.14. The summed E-state index contributed by atoms with van der Waals surface area (Å²) in [6.45, 7) is 1.98. The predicted octanol–water partition coefficient (Wildman–Crippen LogP) is 4.89. The lowest BCUT2D eigenvalue weighted by Gasteiger charge is -2.09. The Hall–Kier alpha value is -2.70. The van der Waals surface area contributed by atoms with Gasteiger partial charge in [-0.05, 0) is 36.8 Å². The minimum absolute atomic E-state index is 0.243. The summed E-state index contributed by atoms with van der Waals surface area (Å²) in [6.07, 6.45) is 3.07. The van der Waals surface area contributed by atoms with E-state index in [1.54, 1.807) is 31.2 Å². The molecule has 0 aliphatic heterocycles. The van der Waals surface area contributed by atoms with E-state index in [0.29, 0.717) is 26.7 Å². The molecule has 3 aromatic rings. The number of benzene rings is 1. The van der Waals surface area contributed by atoms with Crippen molar-refractivity contribution in [3.8, 4) is 11.1 Å². The Labute approximate surface area is 159 Å². The lowest BCUT2D eigenvalue weighted by molar-refractivity contribution is 0.0529. The van der Waals surface area contributed by atoms with Crippen LogP contribution in [-0.4, -0.2) is 23.5 Å². The smallest absolute Gasteiger partial charge is 0.341 e. The van der Waals surface area contributed by atoms with Gasteiger partial charge in [0.05, 0.1) is 6.61 Å². The van der Waals surface area contributed by atoms with Gasteiger partial charge < -0.3 is 10.1 Å². The van der Waals surface area contributed by atoms with Crippen LogP contribution in [0, 0.1) is 0 Å². The van der Waals surface area contributed by atoms with Crippen molar-refractivity contribution in [1.29, 1.82) is 0 Å². The van der Waals surface area contributed by atoms with Crippen molar-refractivity contribution < 1.29 is 14.3 Å². The van der Waals surface area contributed by atoms with Crippen LogP contribution in [0.1, 0.15) is 27.6 Å². The number of nitrogens with zero attached hydrogens (tertiary/aromatic N) is 1. The number of amides is 1. The van der Waals surface area contributed by atoms with E-state index in [2.05, 4.69) is 10.3 Å². The quantitative estimate of drug-likeness (QED) is 0.634. The molecule has 0 fully saturated rings. The summed E-state index contributed by atoms with van der Waals surface area (Å²) in [6, 6.07) is 10.3. The molecule has 7 heteroatoms. The molecule has 0 saturated heterocycles. The molecule has 1 amide bonds. The van der Waals surface area contributed by atoms with Gasteiger partial charge in [0.1, 0.15) is 10.6 Å². The predicted molar refractivity (Wildman–Crippen MR) is 103 cm³/mol. The number of hydrogen-bond donors (Lipinski definition) is 1. The third kappa shape index (κ3) is 3.92. The van der Waals surface area contributed by atoms with Crippen molar-refractivity contribution in [3.63, 3.8) is 0 Å². The molecule has 0 radical (unpaired) electrons. The Morgan fingerprint density at radius 1 is 1.15 bits per heavy atom. The highest BCUT2D eigenvalue weighted by Gasteiger charge is 2.23. The third-order valence-electron chi connectivity index (χ3n) is 3.60. The first-order valence-corrected chi connectivity index (χ1v) is 9.12. The van der Waals surface area contributed by atoms with Gasteiger partial charge in [0.25, 0.3) is 5.91 Å². The number of pyridine rings is 1. The molecule has 3 rings (SSSR count). The zero-order valence-electron chi connectivity index (χ0n) is 13.9. The first-order valence-electron chi connectivity index (χ1n) is 7.86. The van der Waals surface area contributed by atoms with Crippen LogP contribution in [-0.2, 0) is 4.74 Å². The molecule has 2 aromatic heterocycles. The number of halogens is 1. The van der Waals surface area contributed by atoms with Crippen LogP contribution in [0.15, 0.2) is 54.2 Å². The minimum atomic E-state index is -0.483. The number of thiophene rings is 1. The maximum atomic E-state index is 12.5. The molecule has 2 heterocycles. The van der Waals surface area contributed by atoms with Gasteiger partial charge in [0.2, 0.25) is 0 Å². The number of carbonyl (C=O) groups excluding carboxylic acids is 2. The van der Waals surface area contributed by atoms with E-state index >= 15 is 0 Å². The number of carbonyl (C=O) groups is 2. The number of nitrogens with one attached hydrogen (secondary N) is 1. The summed E-state index contributed by atoms with van der Waals surface area (Å²) in [4.78, 5) is 28.8. The maximum absolute atomic E-state index is 12.5. The summed E-state index contributed by atoms with van der Waals surface area (Å²) in [7, 11) is 0. The van der Waals surface area contributed by atoms with Crippen molar-refractivity contribution in [1.82, 2.24) is 4.98 Å². The first-order chi connectivity index (χ1) is 12.6. The molecule has 26 heavy (non-hydrogen) atoms. The standard InChI is InChI=1S/C19H15ClN2O3S/c1-2-25-19(24)16-15(12-3-5-14(20)6-4-12)11-26-18(16)22-17(23)13-7-9-21-10-8-13/h3-11H,2H2,1H3,(H,22,23). The summed E-state index contributed by atoms with van der Waals surface area (Å²) < 4.78 is 5.18. The molecular weight excluding hydrogens is 372 g/mol. The van der Waals surface area contributed by atoms with Gasteiger partial charge in [-0.15, -0.1) is 11.3 Å². The Balaban J connectivity index is 1.98. The van der Waals surface area contributed by atoms with Gasteiger partial charge in [0.15, 0.2) is 0 Å². The van der Waals surface area contributed by atoms with Crippen molar-refractivity contribution in [3.05, 3.63) is 70.3 Å². The van der Waals surface area contributed by atoms with Gasteiger partial charge in [0, 0.05) is 33.9 Å². The zero-order valence-corrected chi connectivity index (χ0v) is 15.4. The fourth-order valence-corrected chi connectivity index (χ4v) is 3.45. The normalized spacial score (nSPS) is 10.4. The molecule has 0 unspecified atom stereocenters. The van der Waals surface area contributed by atoms with Gasteiger partial charge in [-0.3, -0.25) is 9.78 Å². The SMILES string of the molecule is CCOC(=O)c1c(-c2ccc(Cl)cc2)csc1NC(=O)c1ccncc1. The Morgan fingerprint density at radius 2 is 1.85 bits per heavy atom. The van der Waals surface area contributed by atoms with Gasteiger partial charge in [-0.25, -0.2) is 4.79 Å². The van der Waals surface area contributed by atoms with Gasteiger partial charge in [-0.2, -0.15) is 0 Å². The molecule has 1 aromatic carbocycles. The molecule has 0 aliphatic rings. The molecule has 1 N–H and O–H groups in total. The van der Waals surface area contributed by atoms with Gasteiger partial charge in [-0.1, -0.05) is 23.7 Å². The maximum Gasteiger partial charge on any atom is 0.341 e. The van der Waals surface area contributed by atoms with Crippen LogP contribution in [0.4, 0.5) is 5.00 Å². The van der Waals surface area contributed by atoms with E-state index < -0.39 is 5.97 Å². The summed E-state index contributed by atoms with van der Waals surface area (Å²) >= 11 is 7.21. The van der Waals surface area contributed by atoms with E-state index in [1.807, 2.05) is 17.5 Å². The molecule has 0 atom stereocenters. The summed E-state index contributed by atoms with van der Waals surface area (Å²) in [5.41, 5.74) is 2.30. The Bertz CT molecular complexity index is 924. The van der Waals surface area contributed by atoms with E-state index in [4.69, 9.17) is 16.3 Å². The van der Waals surface area contributed by atoms with Crippen LogP contribution in [0.25, 0.3) is 11.1 Å². The monoisotopic (exact) mass is 386 g/mol. The first kappa shape index (κ1) is 18.1. The van der Waals surface area contributed by atoms with Gasteiger partial charge >= 0.3 is 5.97 Å². The summed E-state index contributed by atoms with van der Waals surface area (Å²) in [5.74, 6) is -0.800. The molecule has 0 spiro atoms. The van der Waals surface area contributed by atoms with Crippen molar-refractivity contribution in [2.75, 3.05) is 11.9 Å². The second-order valence-corrected chi connectivity index (χ2v) is 6.59. The molecule has 0 bridgehead atoms. The summed E-state index contributed by atoms with van der Waals surface area (Å²) in [5, 5.41) is 5.65. The second kappa shape index (κ2) is 8.12. The zero-order chi connectivity index (χ0) is 18.5. The topological polar surface area (TPSA) is 68.3 Å².